The van der Waals surface area contributed by atoms with Gasteiger partial charge in [0, 0.05) is 32.0 Å². The molecule has 0 radical (unpaired) electrons. The van der Waals surface area contributed by atoms with E-state index in [1.54, 1.807) is 23.9 Å². The summed E-state index contributed by atoms with van der Waals surface area (Å²) >= 11 is 0. The Kier molecular flexibility index (Phi) is 3.29. The molecule has 17 heavy (non-hydrogen) atoms. The number of sulfonamides is 1. The van der Waals surface area contributed by atoms with Gasteiger partial charge in [-0.3, -0.25) is 0 Å². The molecule has 1 fully saturated rings. The van der Waals surface area contributed by atoms with Crippen LogP contribution in [0.4, 0.5) is 0 Å². The van der Waals surface area contributed by atoms with Crippen molar-refractivity contribution in [1.29, 1.82) is 0 Å². The number of nitrogens with zero attached hydrogens (tertiary/aromatic N) is 1. The molecule has 0 spiro atoms. The van der Waals surface area contributed by atoms with Crippen LogP contribution in [0.15, 0.2) is 17.2 Å². The Hall–Kier alpha value is -0.850. The lowest BCUT2D eigenvalue weighted by Crippen LogP contribution is -2.25. The van der Waals surface area contributed by atoms with Crippen molar-refractivity contribution in [3.05, 3.63) is 18.0 Å². The molecule has 1 aliphatic carbocycles. The molecule has 2 atom stereocenters. The van der Waals surface area contributed by atoms with Gasteiger partial charge in [-0.2, -0.15) is 0 Å². The van der Waals surface area contributed by atoms with Crippen molar-refractivity contribution >= 4 is 10.0 Å². The molecule has 2 unspecified atom stereocenters. The standard InChI is InChI=1S/C11H19N3O2S/c1-8-3-9(8)6-13-17(15,16)11-4-10(5-12)14(2)7-11/h4,7-9,13H,3,5-6,12H2,1-2H3. The minimum absolute atomic E-state index is 0.300. The van der Waals surface area contributed by atoms with Gasteiger partial charge in [0.2, 0.25) is 10.0 Å². The van der Waals surface area contributed by atoms with Crippen molar-refractivity contribution in [1.82, 2.24) is 9.29 Å². The summed E-state index contributed by atoms with van der Waals surface area (Å²) in [7, 11) is -1.58. The summed E-state index contributed by atoms with van der Waals surface area (Å²) in [6.45, 7) is 3.01. The number of hydrogen-bond acceptors (Lipinski definition) is 3. The fourth-order valence-corrected chi connectivity index (χ4v) is 3.10. The number of aromatic nitrogens is 1. The Bertz CT molecular complexity index is 507. The van der Waals surface area contributed by atoms with Crippen molar-refractivity contribution in [3.8, 4) is 0 Å². The van der Waals surface area contributed by atoms with E-state index in [-0.39, 0.29) is 0 Å². The zero-order valence-electron chi connectivity index (χ0n) is 10.2. The van der Waals surface area contributed by atoms with Crippen LogP contribution in [0.3, 0.4) is 0 Å². The Morgan fingerprint density at radius 1 is 1.59 bits per heavy atom. The molecule has 0 saturated heterocycles. The molecule has 5 nitrogen and oxygen atoms in total. The first-order valence-electron chi connectivity index (χ1n) is 5.79. The maximum absolute atomic E-state index is 12.0. The summed E-state index contributed by atoms with van der Waals surface area (Å²) < 4.78 is 28.4. The topological polar surface area (TPSA) is 77.1 Å². The smallest absolute Gasteiger partial charge is 0.242 e. The van der Waals surface area contributed by atoms with Gasteiger partial charge in [0.1, 0.15) is 0 Å². The van der Waals surface area contributed by atoms with Crippen molar-refractivity contribution in [2.75, 3.05) is 6.54 Å². The number of nitrogens with one attached hydrogen (secondary N) is 1. The lowest BCUT2D eigenvalue weighted by molar-refractivity contribution is 0.574. The average Bonchev–Trinajstić information content (AvgIpc) is 2.83. The van der Waals surface area contributed by atoms with E-state index < -0.39 is 10.0 Å². The largest absolute Gasteiger partial charge is 0.352 e. The van der Waals surface area contributed by atoms with Crippen LogP contribution in [0.25, 0.3) is 0 Å². The minimum Gasteiger partial charge on any atom is -0.352 e. The van der Waals surface area contributed by atoms with Gasteiger partial charge in [-0.1, -0.05) is 6.92 Å². The highest BCUT2D eigenvalue weighted by atomic mass is 32.2. The normalized spacial score (nSPS) is 23.9. The molecule has 1 aromatic heterocycles. The molecular formula is C11H19N3O2S. The first kappa shape index (κ1) is 12.6. The quantitative estimate of drug-likeness (QED) is 0.802. The summed E-state index contributed by atoms with van der Waals surface area (Å²) in [5.41, 5.74) is 6.33. The van der Waals surface area contributed by atoms with Crippen LogP contribution in [0.5, 0.6) is 0 Å². The third-order valence-electron chi connectivity index (χ3n) is 3.41. The fourth-order valence-electron chi connectivity index (χ4n) is 1.91. The summed E-state index contributed by atoms with van der Waals surface area (Å²) in [5.74, 6) is 1.15. The van der Waals surface area contributed by atoms with Gasteiger partial charge in [0.25, 0.3) is 0 Å². The Morgan fingerprint density at radius 3 is 2.71 bits per heavy atom. The second kappa shape index (κ2) is 4.44. The van der Waals surface area contributed by atoms with Crippen LogP contribution in [0, 0.1) is 11.8 Å². The van der Waals surface area contributed by atoms with Crippen molar-refractivity contribution in [3.63, 3.8) is 0 Å². The summed E-state index contributed by atoms with van der Waals surface area (Å²) in [6.07, 6.45) is 2.71. The van der Waals surface area contributed by atoms with Crippen LogP contribution < -0.4 is 10.5 Å². The maximum atomic E-state index is 12.0. The van der Waals surface area contributed by atoms with Gasteiger partial charge >= 0.3 is 0 Å². The number of aryl methyl sites for hydroxylation is 1. The van der Waals surface area contributed by atoms with Crippen molar-refractivity contribution in [2.45, 2.75) is 24.8 Å². The van der Waals surface area contributed by atoms with E-state index in [0.717, 1.165) is 12.1 Å². The number of nitrogens with two attached hydrogens (primary N) is 1. The molecule has 0 aliphatic heterocycles. The highest BCUT2D eigenvalue weighted by molar-refractivity contribution is 7.89. The fraction of sp³-hybridized carbons (Fsp3) is 0.636. The highest BCUT2D eigenvalue weighted by Gasteiger charge is 2.33. The van der Waals surface area contributed by atoms with Crippen molar-refractivity contribution in [2.24, 2.45) is 24.6 Å². The van der Waals surface area contributed by atoms with Gasteiger partial charge in [0.15, 0.2) is 0 Å². The third-order valence-corrected chi connectivity index (χ3v) is 4.80. The number of rotatable bonds is 5. The molecular weight excluding hydrogens is 238 g/mol. The van der Waals surface area contributed by atoms with E-state index >= 15 is 0 Å². The third kappa shape index (κ3) is 2.70. The van der Waals surface area contributed by atoms with E-state index in [9.17, 15) is 8.42 Å². The summed E-state index contributed by atoms with van der Waals surface area (Å²) in [5, 5.41) is 0. The molecule has 1 aliphatic rings. The molecule has 1 saturated carbocycles. The molecule has 2 rings (SSSR count). The molecule has 0 aromatic carbocycles. The van der Waals surface area contributed by atoms with Crippen LogP contribution in [0.1, 0.15) is 19.0 Å². The van der Waals surface area contributed by atoms with Gasteiger partial charge in [-0.25, -0.2) is 13.1 Å². The zero-order chi connectivity index (χ0) is 12.6. The molecule has 96 valence electrons. The Balaban J connectivity index is 2.08. The van der Waals surface area contributed by atoms with E-state index in [4.69, 9.17) is 5.73 Å². The van der Waals surface area contributed by atoms with Crippen LogP contribution in [-0.4, -0.2) is 19.5 Å². The second-order valence-corrected chi connectivity index (χ2v) is 6.57. The van der Waals surface area contributed by atoms with E-state index in [1.807, 2.05) is 0 Å². The van der Waals surface area contributed by atoms with Gasteiger partial charge in [-0.15, -0.1) is 0 Å². The van der Waals surface area contributed by atoms with Crippen LogP contribution in [0.2, 0.25) is 0 Å². The average molecular weight is 257 g/mol. The van der Waals surface area contributed by atoms with E-state index in [0.29, 0.717) is 29.8 Å². The molecule has 1 heterocycles. The Labute approximate surface area is 102 Å². The van der Waals surface area contributed by atoms with E-state index in [2.05, 4.69) is 11.6 Å². The van der Waals surface area contributed by atoms with Gasteiger partial charge in [0.05, 0.1) is 4.90 Å². The van der Waals surface area contributed by atoms with Crippen LogP contribution >= 0.6 is 0 Å². The predicted octanol–water partition coefficient (Wildman–Crippen LogP) is 0.418. The SMILES string of the molecule is CC1CC1CNS(=O)(=O)c1cc(CN)n(C)c1. The molecule has 3 N–H and O–H groups in total. The van der Waals surface area contributed by atoms with Crippen LogP contribution in [-0.2, 0) is 23.6 Å². The van der Waals surface area contributed by atoms with E-state index in [1.165, 1.54) is 0 Å². The van der Waals surface area contributed by atoms with Crippen molar-refractivity contribution < 1.29 is 8.42 Å². The lowest BCUT2D eigenvalue weighted by atomic mass is 10.3. The monoisotopic (exact) mass is 257 g/mol. The van der Waals surface area contributed by atoms with Gasteiger partial charge < -0.3 is 10.3 Å². The summed E-state index contributed by atoms with van der Waals surface area (Å²) in [4.78, 5) is 0.300. The first-order valence-corrected chi connectivity index (χ1v) is 7.27. The summed E-state index contributed by atoms with van der Waals surface area (Å²) in [6, 6.07) is 1.62. The maximum Gasteiger partial charge on any atom is 0.242 e. The minimum atomic E-state index is -3.38. The molecule has 0 bridgehead atoms. The Morgan fingerprint density at radius 2 is 2.24 bits per heavy atom. The number of hydrogen-bond donors (Lipinski definition) is 2. The predicted molar refractivity (Wildman–Crippen MR) is 65.8 cm³/mol. The first-order chi connectivity index (χ1) is 7.94. The highest BCUT2D eigenvalue weighted by Crippen LogP contribution is 2.37. The zero-order valence-corrected chi connectivity index (χ0v) is 11.0. The second-order valence-electron chi connectivity index (χ2n) is 4.81. The van der Waals surface area contributed by atoms with Gasteiger partial charge in [-0.05, 0) is 24.3 Å². The molecule has 6 heteroatoms. The molecule has 1 aromatic rings. The molecule has 0 amide bonds. The lowest BCUT2D eigenvalue weighted by Gasteiger charge is -2.03.